The van der Waals surface area contributed by atoms with Gasteiger partial charge in [0.05, 0.1) is 53.4 Å². The van der Waals surface area contributed by atoms with Crippen LogP contribution in [0.5, 0.6) is 0 Å². The molecule has 1 aliphatic carbocycles. The molecule has 25 heterocycles. The topological polar surface area (TPSA) is 462 Å². The van der Waals surface area contributed by atoms with E-state index in [1.165, 1.54) is 0 Å². The highest BCUT2D eigenvalue weighted by Crippen LogP contribution is 2.41. The summed E-state index contributed by atoms with van der Waals surface area (Å²) in [6.45, 7) is 0. The summed E-state index contributed by atoms with van der Waals surface area (Å²) in [4.78, 5) is 0. The minimum absolute atomic E-state index is 0.258. The van der Waals surface area contributed by atoms with Crippen molar-refractivity contribution in [3.8, 4) is 0 Å². The Balaban J connectivity index is 0.990. The lowest BCUT2D eigenvalue weighted by Crippen LogP contribution is -2.68. The Morgan fingerprint density at radius 2 is 0.409 bits per heavy atom. The van der Waals surface area contributed by atoms with Gasteiger partial charge in [0.2, 0.25) is 0 Å². The molecule has 0 radical (unpaired) electrons. The molecule has 1 saturated carbocycles. The van der Waals surface area contributed by atoms with Gasteiger partial charge in [-0.1, -0.05) is 0 Å². The van der Waals surface area contributed by atoms with Crippen molar-refractivity contribution < 1.29 is 153 Å². The van der Waals surface area contributed by atoms with E-state index in [-0.39, 0.29) is 12.3 Å². The first-order valence-electron chi connectivity index (χ1n) is 28.1. The zero-order valence-electron chi connectivity index (χ0n) is 45.8. The predicted molar refractivity (Wildman–Crippen MR) is 293 cm³/mol. The monoisotopic (exact) mass is 1440 g/mol. The van der Waals surface area contributed by atoms with Crippen LogP contribution in [0.3, 0.4) is 0 Å². The second-order valence-corrected chi connectivity index (χ2v) is 25.2. The molecule has 16 N–H and O–H groups in total. The van der Waals surface area contributed by atoms with E-state index in [1.807, 2.05) is 0 Å². The van der Waals surface area contributed by atoms with Crippen LogP contribution in [0.2, 0.25) is 0 Å². The van der Waals surface area contributed by atoms with Gasteiger partial charge in [0.25, 0.3) is 0 Å². The largest absolute Gasteiger partial charge is 0.388 e. The van der Waals surface area contributed by atoms with Crippen molar-refractivity contribution in [3.63, 3.8) is 0 Å². The highest BCUT2D eigenvalue weighted by Gasteiger charge is 2.60. The van der Waals surface area contributed by atoms with Gasteiger partial charge < -0.3 is 153 Å². The third-order valence-electron chi connectivity index (χ3n) is 17.2. The van der Waals surface area contributed by atoms with Gasteiger partial charge in [-0.05, 0) is 6.42 Å². The molecule has 16 bridgehead atoms. The van der Waals surface area contributed by atoms with Gasteiger partial charge in [0.15, 0.2) is 44.0 Å². The first-order valence-corrected chi connectivity index (χ1v) is 32.4. The Morgan fingerprint density at radius 3 is 0.670 bits per heavy atom. The molecule has 26 fully saturated rings. The van der Waals surface area contributed by atoms with Crippen molar-refractivity contribution in [2.45, 2.75) is 246 Å². The number of alkyl halides is 8. The lowest BCUT2D eigenvalue weighted by molar-refractivity contribution is -0.391. The van der Waals surface area contributed by atoms with Gasteiger partial charge in [-0.15, -0.1) is 92.8 Å². The summed E-state index contributed by atoms with van der Waals surface area (Å²) in [5.41, 5.74) is 0. The Labute approximate surface area is 541 Å². The lowest BCUT2D eigenvalue weighted by Gasteiger charge is -2.50. The van der Waals surface area contributed by atoms with Crippen LogP contribution < -0.4 is 0 Å². The molecule has 0 aromatic heterocycles. The van der Waals surface area contributed by atoms with Crippen LogP contribution in [-0.4, -0.2) is 368 Å². The molecule has 40 atom stereocenters. The number of ether oxygens (including phenoxy) is 15. The van der Waals surface area contributed by atoms with Gasteiger partial charge >= 0.3 is 0 Å². The molecule has 16 unspecified atom stereocenters. The van der Waals surface area contributed by atoms with Crippen LogP contribution in [0, 0.1) is 5.92 Å². The first-order chi connectivity index (χ1) is 41.9. The summed E-state index contributed by atoms with van der Waals surface area (Å²) in [6, 6.07) is 0. The molecule has 26 aliphatic rings. The second kappa shape index (κ2) is 31.7. The summed E-state index contributed by atoms with van der Waals surface area (Å²) >= 11 is 50.4. The molecule has 0 aromatic rings. The fraction of sp³-hybridized carbons (Fsp3) is 1.00. The molecule has 25 aliphatic heterocycles. The molecule has 0 aromatic carbocycles. The van der Waals surface area contributed by atoms with Crippen molar-refractivity contribution in [1.29, 1.82) is 0 Å². The summed E-state index contributed by atoms with van der Waals surface area (Å²) in [6.07, 6.45) is -70.9. The standard InChI is InChI=1S/C49H74Cl8O31/c50-2-10-1-11-19(58)21(60)35(10)82-43-29(68)23(62)37(14(5-53)77-43)83-44-30(69)24(63)38(15(6-54)78-44)84-45-31(70)25(64)39(16(7-55)79-45)85-46-32(71)26(65)40(17(8-56)80-46)86-47-33(72)27(66)41(18(9-57)81-47)87-49-34(73)42(20(59)12(3-51)75-49)88-48-28(67)22(61)36(74-11)13(4-52)76-48/h10-49,58-73H,1-9H2/t10?,11-,12?,13?,14?,15?,16?,17?,18?,19?,20+,21+,22+,23+,24+,25+,26+,27+,28?,29?,30?,31?,32?,33?,34?,35+,36+,37+,38+,39+,40+,41+,42-,43-,44+,45+,46+,47+,48+,49-/m0/s1. The second-order valence-electron chi connectivity index (χ2n) is 22.7. The van der Waals surface area contributed by atoms with E-state index in [2.05, 4.69) is 0 Å². The van der Waals surface area contributed by atoms with Crippen molar-refractivity contribution in [2.75, 3.05) is 47.0 Å². The smallest absolute Gasteiger partial charge is 0.187 e. The van der Waals surface area contributed by atoms with Crippen molar-refractivity contribution >= 4 is 92.8 Å². The van der Waals surface area contributed by atoms with Crippen LogP contribution in [0.1, 0.15) is 6.42 Å². The van der Waals surface area contributed by atoms with Gasteiger partial charge in [-0.2, -0.15) is 0 Å². The molecule has 512 valence electrons. The van der Waals surface area contributed by atoms with E-state index in [0.717, 1.165) is 0 Å². The third kappa shape index (κ3) is 14.8. The molecule has 39 heteroatoms. The molecular weight excluding hydrogens is 1370 g/mol. The quantitative estimate of drug-likeness (QED) is 0.100. The fourth-order valence-electron chi connectivity index (χ4n) is 12.2. The van der Waals surface area contributed by atoms with E-state index in [4.69, 9.17) is 164 Å². The van der Waals surface area contributed by atoms with Gasteiger partial charge in [0, 0.05) is 11.8 Å². The molecule has 0 amide bonds. The first kappa shape index (κ1) is 73.3. The molecule has 0 spiro atoms. The Morgan fingerprint density at radius 1 is 0.193 bits per heavy atom. The van der Waals surface area contributed by atoms with Crippen molar-refractivity contribution in [1.82, 2.24) is 0 Å². The number of aliphatic hydroxyl groups excluding tert-OH is 16. The summed E-state index contributed by atoms with van der Waals surface area (Å²) in [5, 5.41) is 185. The van der Waals surface area contributed by atoms with Crippen LogP contribution in [0.15, 0.2) is 0 Å². The summed E-state index contributed by atoms with van der Waals surface area (Å²) < 4.78 is 89.1. The normalized spacial score (nSPS) is 55.4. The molecule has 25 saturated heterocycles. The maximum Gasteiger partial charge on any atom is 0.187 e. The number of aliphatic hydroxyl groups is 16. The van der Waals surface area contributed by atoms with Gasteiger partial charge in [-0.3, -0.25) is 0 Å². The number of hydrogen-bond donors (Lipinski definition) is 16. The van der Waals surface area contributed by atoms with Crippen molar-refractivity contribution in [3.05, 3.63) is 0 Å². The fourth-order valence-corrected chi connectivity index (χ4v) is 14.2. The van der Waals surface area contributed by atoms with Crippen LogP contribution in [-0.2, 0) is 71.1 Å². The average molecular weight is 1440 g/mol. The van der Waals surface area contributed by atoms with Gasteiger partial charge in [0.1, 0.15) is 183 Å². The minimum Gasteiger partial charge on any atom is -0.388 e. The SMILES string of the molecule is OC1[C@@H]2OC(CCl)[C@@H](O[C@H]3OC(CCl)[C@@H](O[C@H]4OC(CCl)[C@@H](O[C@@H]5OC(CCl)[C@@H](O)[C@H](O[C@H]6OC(CCl)[C@@H](O[C@H]7CC(CCl)[C@@H](O[C@@H]8OC(CCl)[C@@H](O[C@H]9OC(CCl)[C@@H](O2)[C@H](O)C9O)[C@H](O)C8O)[C@H](O)C7O)[C@H](O)C6O)C5O)[C@H](O)C4O)[C@H](O)C3O)[C@@H]1O. The van der Waals surface area contributed by atoms with Crippen LogP contribution in [0.4, 0.5) is 0 Å². The maximum absolute atomic E-state index is 11.7. The van der Waals surface area contributed by atoms with Crippen LogP contribution >= 0.6 is 92.8 Å². The minimum atomic E-state index is -2.11. The van der Waals surface area contributed by atoms with Gasteiger partial charge in [-0.25, -0.2) is 0 Å². The third-order valence-corrected chi connectivity index (χ3v) is 19.7. The highest BCUT2D eigenvalue weighted by atomic mass is 35.5. The Kier molecular flexibility index (Phi) is 26.4. The van der Waals surface area contributed by atoms with E-state index in [9.17, 15) is 81.7 Å². The van der Waals surface area contributed by atoms with E-state index in [0.29, 0.717) is 0 Å². The Bertz CT molecular complexity index is 2170. The summed E-state index contributed by atoms with van der Waals surface area (Å²) in [5.74, 6) is -4.88. The molecule has 88 heavy (non-hydrogen) atoms. The molecule has 26 rings (SSSR count). The zero-order chi connectivity index (χ0) is 64.1. The van der Waals surface area contributed by atoms with E-state index in [1.54, 1.807) is 0 Å². The number of rotatable bonds is 8. The number of halogens is 8. The maximum atomic E-state index is 11.7. The number of hydrogen-bond acceptors (Lipinski definition) is 31. The lowest BCUT2D eigenvalue weighted by atomic mass is 9.81. The highest BCUT2D eigenvalue weighted by molar-refractivity contribution is 6.19. The van der Waals surface area contributed by atoms with Crippen molar-refractivity contribution in [2.24, 2.45) is 5.92 Å². The van der Waals surface area contributed by atoms with E-state index >= 15 is 0 Å². The predicted octanol–water partition coefficient (Wildman–Crippen LogP) is -6.77. The average Bonchev–Trinajstić information content (AvgIpc) is 3.63. The molecule has 31 nitrogen and oxygen atoms in total. The van der Waals surface area contributed by atoms with Crippen LogP contribution in [0.25, 0.3) is 0 Å². The molecular formula is C49H74Cl8O31. The summed E-state index contributed by atoms with van der Waals surface area (Å²) in [7, 11) is 0. The zero-order valence-corrected chi connectivity index (χ0v) is 51.8. The van der Waals surface area contributed by atoms with E-state index < -0.39 is 286 Å². The Hall–Kier alpha value is 1.08.